The predicted molar refractivity (Wildman–Crippen MR) is 79.1 cm³/mol. The molecule has 2 aliphatic carbocycles. The van der Waals surface area contributed by atoms with Gasteiger partial charge >= 0.3 is 5.97 Å². The minimum absolute atomic E-state index is 0.110. The van der Waals surface area contributed by atoms with Gasteiger partial charge in [-0.3, -0.25) is 4.79 Å². The lowest BCUT2D eigenvalue weighted by Crippen LogP contribution is -2.24. The lowest BCUT2D eigenvalue weighted by molar-refractivity contribution is -0.143. The number of aryl methyl sites for hydroxylation is 2. The van der Waals surface area contributed by atoms with Gasteiger partial charge in [-0.25, -0.2) is 0 Å². The van der Waals surface area contributed by atoms with Crippen LogP contribution in [0.5, 0.6) is 0 Å². The van der Waals surface area contributed by atoms with Crippen LogP contribution in [0.1, 0.15) is 67.9 Å². The summed E-state index contributed by atoms with van der Waals surface area (Å²) in [5.41, 5.74) is 4.50. The van der Waals surface area contributed by atoms with E-state index in [2.05, 4.69) is 17.6 Å². The van der Waals surface area contributed by atoms with E-state index >= 15 is 0 Å². The summed E-state index contributed by atoms with van der Waals surface area (Å²) in [7, 11) is 0. The lowest BCUT2D eigenvalue weighted by Gasteiger charge is -2.30. The highest BCUT2D eigenvalue weighted by Gasteiger charge is 2.29. The number of aliphatic carboxylic acids is 1. The van der Waals surface area contributed by atoms with Crippen molar-refractivity contribution in [2.24, 2.45) is 5.92 Å². The van der Waals surface area contributed by atoms with Crippen molar-refractivity contribution in [2.45, 2.75) is 70.8 Å². The van der Waals surface area contributed by atoms with Crippen LogP contribution in [0.3, 0.4) is 0 Å². The Labute approximate surface area is 121 Å². The Bertz CT molecular complexity index is 495. The summed E-state index contributed by atoms with van der Waals surface area (Å²) >= 11 is 0. The van der Waals surface area contributed by atoms with Gasteiger partial charge < -0.3 is 9.67 Å². The third-order valence-corrected chi connectivity index (χ3v) is 5.20. The lowest BCUT2D eigenvalue weighted by atomic mass is 9.85. The molecule has 0 aromatic carbocycles. The van der Waals surface area contributed by atoms with Crippen molar-refractivity contribution in [2.75, 3.05) is 0 Å². The van der Waals surface area contributed by atoms with Crippen LogP contribution >= 0.6 is 0 Å². The molecule has 0 bridgehead atoms. The van der Waals surface area contributed by atoms with Gasteiger partial charge in [0.15, 0.2) is 0 Å². The molecule has 0 unspecified atom stereocenters. The molecular weight excluding hydrogens is 250 g/mol. The summed E-state index contributed by atoms with van der Waals surface area (Å²) in [6.07, 6.45) is 10.1. The number of nitrogens with zero attached hydrogens (tertiary/aromatic N) is 1. The summed E-state index contributed by atoms with van der Waals surface area (Å²) < 4.78 is 2.55. The average molecular weight is 275 g/mol. The van der Waals surface area contributed by atoms with E-state index in [9.17, 15) is 4.79 Å². The van der Waals surface area contributed by atoms with Crippen LogP contribution in [-0.2, 0) is 17.6 Å². The number of aromatic nitrogens is 1. The van der Waals surface area contributed by atoms with Gasteiger partial charge in [-0.05, 0) is 69.9 Å². The molecule has 1 aromatic rings. The molecule has 1 fully saturated rings. The van der Waals surface area contributed by atoms with Gasteiger partial charge in [-0.15, -0.1) is 0 Å². The predicted octanol–water partition coefficient (Wildman–Crippen LogP) is 3.88. The van der Waals surface area contributed by atoms with Gasteiger partial charge in [0.1, 0.15) is 0 Å². The number of rotatable bonds is 2. The first-order chi connectivity index (χ1) is 9.66. The normalized spacial score (nSPS) is 26.9. The fourth-order valence-electron chi connectivity index (χ4n) is 4.14. The first kappa shape index (κ1) is 13.7. The monoisotopic (exact) mass is 275 g/mol. The van der Waals surface area contributed by atoms with Crippen LogP contribution in [0.2, 0.25) is 0 Å². The number of fused-ring (bicyclic) bond motifs is 1. The zero-order valence-corrected chi connectivity index (χ0v) is 12.4. The highest BCUT2D eigenvalue weighted by molar-refractivity contribution is 5.70. The van der Waals surface area contributed by atoms with Gasteiger partial charge in [-0.1, -0.05) is 6.42 Å². The number of carbonyl (C=O) groups is 1. The Morgan fingerprint density at radius 1 is 1.15 bits per heavy atom. The molecule has 2 aliphatic rings. The quantitative estimate of drug-likeness (QED) is 0.832. The molecule has 3 nitrogen and oxygen atoms in total. The van der Waals surface area contributed by atoms with Crippen LogP contribution in [0.25, 0.3) is 0 Å². The van der Waals surface area contributed by atoms with E-state index < -0.39 is 5.97 Å². The van der Waals surface area contributed by atoms with Crippen molar-refractivity contribution in [1.29, 1.82) is 0 Å². The molecule has 0 amide bonds. The van der Waals surface area contributed by atoms with Crippen molar-refractivity contribution in [1.82, 2.24) is 4.57 Å². The minimum atomic E-state index is -0.605. The second-order valence-corrected chi connectivity index (χ2v) is 6.53. The van der Waals surface area contributed by atoms with Gasteiger partial charge in [0.2, 0.25) is 0 Å². The van der Waals surface area contributed by atoms with E-state index in [4.69, 9.17) is 5.11 Å². The Balaban J connectivity index is 1.81. The van der Waals surface area contributed by atoms with Crippen molar-refractivity contribution in [3.05, 3.63) is 23.0 Å². The van der Waals surface area contributed by atoms with E-state index in [0.29, 0.717) is 6.04 Å². The zero-order valence-electron chi connectivity index (χ0n) is 12.4. The molecule has 0 spiro atoms. The second kappa shape index (κ2) is 5.63. The molecule has 3 rings (SSSR count). The van der Waals surface area contributed by atoms with Crippen molar-refractivity contribution < 1.29 is 9.90 Å². The topological polar surface area (TPSA) is 42.2 Å². The second-order valence-electron chi connectivity index (χ2n) is 6.53. The van der Waals surface area contributed by atoms with E-state index in [0.717, 1.165) is 25.7 Å². The maximum atomic E-state index is 11.1. The first-order valence-electron chi connectivity index (χ1n) is 8.09. The Morgan fingerprint density at radius 2 is 1.85 bits per heavy atom. The minimum Gasteiger partial charge on any atom is -0.481 e. The number of hydrogen-bond acceptors (Lipinski definition) is 1. The highest BCUT2D eigenvalue weighted by Crippen LogP contribution is 2.36. The van der Waals surface area contributed by atoms with Crippen molar-refractivity contribution in [3.63, 3.8) is 0 Å². The Hall–Kier alpha value is -1.25. The molecule has 110 valence electrons. The molecule has 0 saturated heterocycles. The number of carboxylic acids is 1. The van der Waals surface area contributed by atoms with Crippen LogP contribution in [0.4, 0.5) is 0 Å². The molecule has 1 saturated carbocycles. The van der Waals surface area contributed by atoms with E-state index in [1.165, 1.54) is 37.8 Å². The molecule has 1 heterocycles. The summed E-state index contributed by atoms with van der Waals surface area (Å²) in [5, 5.41) is 9.13. The van der Waals surface area contributed by atoms with Gasteiger partial charge in [0.25, 0.3) is 0 Å². The summed E-state index contributed by atoms with van der Waals surface area (Å²) in [5.74, 6) is -0.716. The largest absolute Gasteiger partial charge is 0.481 e. The first-order valence-corrected chi connectivity index (χ1v) is 8.09. The molecule has 0 radical (unpaired) electrons. The van der Waals surface area contributed by atoms with Crippen LogP contribution in [0, 0.1) is 12.8 Å². The van der Waals surface area contributed by atoms with Crippen molar-refractivity contribution in [3.8, 4) is 0 Å². The third kappa shape index (κ3) is 2.50. The van der Waals surface area contributed by atoms with E-state index in [-0.39, 0.29) is 5.92 Å². The average Bonchev–Trinajstić information content (AvgIpc) is 2.60. The fourth-order valence-corrected chi connectivity index (χ4v) is 4.14. The Morgan fingerprint density at radius 3 is 2.55 bits per heavy atom. The van der Waals surface area contributed by atoms with Crippen LogP contribution in [-0.4, -0.2) is 15.6 Å². The Kier molecular flexibility index (Phi) is 3.86. The number of carboxylic acid groups (broad SMARTS) is 1. The maximum absolute atomic E-state index is 11.1. The standard InChI is InChI=1S/C17H25NO2/c1-12-11-14-5-3-2-4-6-16(14)18(12)15-9-7-13(8-10-15)17(19)20/h11,13,15H,2-10H2,1H3,(H,19,20). The highest BCUT2D eigenvalue weighted by atomic mass is 16.4. The van der Waals surface area contributed by atoms with Crippen LogP contribution < -0.4 is 0 Å². The molecule has 0 atom stereocenters. The maximum Gasteiger partial charge on any atom is 0.306 e. The molecular formula is C17H25NO2. The molecule has 1 N–H and O–H groups in total. The van der Waals surface area contributed by atoms with Crippen LogP contribution in [0.15, 0.2) is 6.07 Å². The molecule has 3 heteroatoms. The van der Waals surface area contributed by atoms with E-state index in [1.54, 1.807) is 11.3 Å². The smallest absolute Gasteiger partial charge is 0.306 e. The van der Waals surface area contributed by atoms with Crippen molar-refractivity contribution >= 4 is 5.97 Å². The summed E-state index contributed by atoms with van der Waals surface area (Å²) in [4.78, 5) is 11.1. The van der Waals surface area contributed by atoms with E-state index in [1.807, 2.05) is 0 Å². The summed E-state index contributed by atoms with van der Waals surface area (Å²) in [6, 6.07) is 2.91. The van der Waals surface area contributed by atoms with Gasteiger partial charge in [-0.2, -0.15) is 0 Å². The molecule has 20 heavy (non-hydrogen) atoms. The van der Waals surface area contributed by atoms with Gasteiger partial charge in [0, 0.05) is 17.4 Å². The number of hydrogen-bond donors (Lipinski definition) is 1. The SMILES string of the molecule is Cc1cc2c(n1C1CCC(C(=O)O)CC1)CCCCC2. The zero-order chi connectivity index (χ0) is 14.1. The third-order valence-electron chi connectivity index (χ3n) is 5.20. The fraction of sp³-hybridized carbons (Fsp3) is 0.706. The van der Waals surface area contributed by atoms with Gasteiger partial charge in [0.05, 0.1) is 5.92 Å². The molecule has 1 aromatic heterocycles. The molecule has 0 aliphatic heterocycles. The summed E-state index contributed by atoms with van der Waals surface area (Å²) in [6.45, 7) is 2.22.